The van der Waals surface area contributed by atoms with Gasteiger partial charge in [-0.15, -0.1) is 0 Å². The molecule has 0 aliphatic rings. The van der Waals surface area contributed by atoms with Gasteiger partial charge in [-0.3, -0.25) is 0 Å². The van der Waals surface area contributed by atoms with E-state index in [0.717, 1.165) is 0 Å². The normalized spacial score (nSPS) is 11.0. The predicted octanol–water partition coefficient (Wildman–Crippen LogP) is 2.84. The molecule has 0 radical (unpaired) electrons. The summed E-state index contributed by atoms with van der Waals surface area (Å²) in [4.78, 5) is 11.8. The topological polar surface area (TPSA) is 69.7 Å². The number of carbonyl (C=O) groups excluding carboxylic acids is 1. The van der Waals surface area contributed by atoms with Crippen LogP contribution in [0.4, 0.5) is 0 Å². The highest BCUT2D eigenvalue weighted by atomic mass is 35.7. The van der Waals surface area contributed by atoms with Crippen LogP contribution in [0.1, 0.15) is 10.4 Å². The summed E-state index contributed by atoms with van der Waals surface area (Å²) >= 11 is 0. The maximum Gasteiger partial charge on any atom is 0.343 e. The lowest BCUT2D eigenvalue weighted by Gasteiger charge is -2.08. The van der Waals surface area contributed by atoms with Gasteiger partial charge in [0.2, 0.25) is 0 Å². The first-order valence-electron chi connectivity index (χ1n) is 5.82. The lowest BCUT2D eigenvalue weighted by Crippen LogP contribution is -2.09. The van der Waals surface area contributed by atoms with Crippen molar-refractivity contribution in [2.75, 3.05) is 7.11 Å². The highest BCUT2D eigenvalue weighted by molar-refractivity contribution is 8.13. The van der Waals surface area contributed by atoms with Gasteiger partial charge in [0.25, 0.3) is 9.05 Å². The number of carbonyl (C=O) groups is 1. The molecule has 2 aromatic rings. The third-order valence-electron chi connectivity index (χ3n) is 2.62. The molecule has 0 bridgehead atoms. The van der Waals surface area contributed by atoms with Crippen LogP contribution < -0.4 is 9.47 Å². The molecule has 0 aliphatic carbocycles. The van der Waals surface area contributed by atoms with Crippen LogP contribution in [0.25, 0.3) is 0 Å². The van der Waals surface area contributed by atoms with Crippen molar-refractivity contribution in [3.8, 4) is 11.5 Å². The molecule has 2 rings (SSSR count). The Morgan fingerprint density at radius 3 is 2.33 bits per heavy atom. The minimum atomic E-state index is -3.95. The fourth-order valence-electron chi connectivity index (χ4n) is 1.65. The second kappa shape index (κ2) is 6.15. The third kappa shape index (κ3) is 3.74. The first kappa shape index (κ1) is 15.3. The molecule has 0 amide bonds. The number of ether oxygens (including phenoxy) is 2. The monoisotopic (exact) mass is 326 g/mol. The molecule has 110 valence electrons. The summed E-state index contributed by atoms with van der Waals surface area (Å²) in [5.41, 5.74) is 0.153. The molecule has 0 heterocycles. The number of para-hydroxylation sites is 1. The Balaban J connectivity index is 2.31. The fraction of sp³-hybridized carbons (Fsp3) is 0.0714. The van der Waals surface area contributed by atoms with Crippen molar-refractivity contribution >= 4 is 25.7 Å². The number of rotatable bonds is 4. The lowest BCUT2D eigenvalue weighted by atomic mass is 10.2. The summed E-state index contributed by atoms with van der Waals surface area (Å²) in [5.74, 6) is -0.263. The average Bonchev–Trinajstić information content (AvgIpc) is 2.46. The van der Waals surface area contributed by atoms with Crippen molar-refractivity contribution in [2.24, 2.45) is 0 Å². The summed E-state index contributed by atoms with van der Waals surface area (Å²) in [6.45, 7) is 0. The predicted molar refractivity (Wildman–Crippen MR) is 77.4 cm³/mol. The van der Waals surface area contributed by atoms with E-state index in [-0.39, 0.29) is 16.2 Å². The zero-order chi connectivity index (χ0) is 15.5. The van der Waals surface area contributed by atoms with Gasteiger partial charge in [0.05, 0.1) is 12.7 Å². The fourth-order valence-corrected chi connectivity index (χ4v) is 2.65. The first-order chi connectivity index (χ1) is 9.91. The van der Waals surface area contributed by atoms with Gasteiger partial charge >= 0.3 is 5.97 Å². The molecule has 0 atom stereocenters. The lowest BCUT2D eigenvalue weighted by molar-refractivity contribution is 0.0734. The molecule has 0 unspecified atom stereocenters. The third-order valence-corrected chi connectivity index (χ3v) is 3.98. The van der Waals surface area contributed by atoms with E-state index in [0.29, 0.717) is 5.75 Å². The molecule has 0 saturated heterocycles. The summed E-state index contributed by atoms with van der Waals surface area (Å²) in [5, 5.41) is 0. The summed E-state index contributed by atoms with van der Waals surface area (Å²) in [6, 6.07) is 12.3. The molecular formula is C14H11ClO5S. The number of hydrogen-bond acceptors (Lipinski definition) is 5. The Kier molecular flexibility index (Phi) is 4.50. The second-order valence-electron chi connectivity index (χ2n) is 4.01. The van der Waals surface area contributed by atoms with E-state index in [2.05, 4.69) is 0 Å². The van der Waals surface area contributed by atoms with Crippen LogP contribution in [0.5, 0.6) is 11.5 Å². The molecule has 0 fully saturated rings. The number of hydrogen-bond donors (Lipinski definition) is 0. The van der Waals surface area contributed by atoms with Gasteiger partial charge in [-0.2, -0.15) is 0 Å². The zero-order valence-electron chi connectivity index (χ0n) is 10.9. The number of benzene rings is 2. The summed E-state index contributed by atoms with van der Waals surface area (Å²) in [6.07, 6.45) is 0. The highest BCUT2D eigenvalue weighted by Crippen LogP contribution is 2.28. The van der Waals surface area contributed by atoms with Gasteiger partial charge in [0, 0.05) is 10.7 Å². The molecule has 0 N–H and O–H groups in total. The SMILES string of the molecule is COc1cc(C(=O)Oc2ccccc2)ccc1S(=O)(=O)Cl. The molecule has 2 aromatic carbocycles. The minimum absolute atomic E-state index is 0.0208. The van der Waals surface area contributed by atoms with Crippen LogP contribution in [0.2, 0.25) is 0 Å². The van der Waals surface area contributed by atoms with Crippen LogP contribution in [0, 0.1) is 0 Å². The summed E-state index contributed by atoms with van der Waals surface area (Å²) in [7, 11) is 2.61. The van der Waals surface area contributed by atoms with E-state index in [9.17, 15) is 13.2 Å². The average molecular weight is 327 g/mol. The van der Waals surface area contributed by atoms with Crippen LogP contribution in [-0.2, 0) is 9.05 Å². The molecule has 0 saturated carbocycles. The number of esters is 1. The Labute approximate surface area is 126 Å². The van der Waals surface area contributed by atoms with Gasteiger partial charge in [-0.25, -0.2) is 13.2 Å². The largest absolute Gasteiger partial charge is 0.495 e. The van der Waals surface area contributed by atoms with E-state index in [1.54, 1.807) is 30.3 Å². The van der Waals surface area contributed by atoms with Crippen LogP contribution in [0.15, 0.2) is 53.4 Å². The molecule has 7 heteroatoms. The quantitative estimate of drug-likeness (QED) is 0.491. The van der Waals surface area contributed by atoms with Gasteiger partial charge in [-0.1, -0.05) is 18.2 Å². The van der Waals surface area contributed by atoms with Crippen molar-refractivity contribution in [1.82, 2.24) is 0 Å². The van der Waals surface area contributed by atoms with E-state index in [1.807, 2.05) is 0 Å². The van der Waals surface area contributed by atoms with Crippen molar-refractivity contribution in [3.63, 3.8) is 0 Å². The van der Waals surface area contributed by atoms with Crippen molar-refractivity contribution in [1.29, 1.82) is 0 Å². The Hall–Kier alpha value is -2.05. The maximum atomic E-state index is 12.0. The Morgan fingerprint density at radius 1 is 1.10 bits per heavy atom. The van der Waals surface area contributed by atoms with Gasteiger partial charge in [-0.05, 0) is 30.3 Å². The smallest absolute Gasteiger partial charge is 0.343 e. The van der Waals surface area contributed by atoms with E-state index >= 15 is 0 Å². The minimum Gasteiger partial charge on any atom is -0.495 e. The molecule has 0 aliphatic heterocycles. The first-order valence-corrected chi connectivity index (χ1v) is 8.12. The standard InChI is InChI=1S/C14H11ClO5S/c1-19-12-9-10(7-8-13(12)21(15,17)18)14(16)20-11-5-3-2-4-6-11/h2-9H,1H3. The van der Waals surface area contributed by atoms with Gasteiger partial charge < -0.3 is 9.47 Å². The molecule has 21 heavy (non-hydrogen) atoms. The van der Waals surface area contributed by atoms with Gasteiger partial charge in [0.15, 0.2) is 0 Å². The number of methoxy groups -OCH3 is 1. The van der Waals surface area contributed by atoms with E-state index in [1.165, 1.54) is 25.3 Å². The van der Waals surface area contributed by atoms with Crippen LogP contribution >= 0.6 is 10.7 Å². The van der Waals surface area contributed by atoms with Crippen molar-refractivity contribution in [3.05, 3.63) is 54.1 Å². The molecule has 0 spiro atoms. The zero-order valence-corrected chi connectivity index (χ0v) is 12.5. The Bertz CT molecular complexity index is 756. The van der Waals surface area contributed by atoms with Crippen LogP contribution in [0.3, 0.4) is 0 Å². The van der Waals surface area contributed by atoms with Crippen molar-refractivity contribution < 1.29 is 22.7 Å². The molecule has 5 nitrogen and oxygen atoms in total. The van der Waals surface area contributed by atoms with Gasteiger partial charge in [0.1, 0.15) is 16.4 Å². The van der Waals surface area contributed by atoms with Crippen LogP contribution in [-0.4, -0.2) is 21.5 Å². The summed E-state index contributed by atoms with van der Waals surface area (Å²) < 4.78 is 32.8. The number of halogens is 1. The van der Waals surface area contributed by atoms with E-state index < -0.39 is 15.0 Å². The van der Waals surface area contributed by atoms with E-state index in [4.69, 9.17) is 20.2 Å². The molecule has 0 aromatic heterocycles. The maximum absolute atomic E-state index is 12.0. The molecular weight excluding hydrogens is 316 g/mol. The highest BCUT2D eigenvalue weighted by Gasteiger charge is 2.19. The Morgan fingerprint density at radius 2 is 1.76 bits per heavy atom. The second-order valence-corrected chi connectivity index (χ2v) is 6.54. The van der Waals surface area contributed by atoms with Crippen molar-refractivity contribution in [2.45, 2.75) is 4.90 Å².